The van der Waals surface area contributed by atoms with Gasteiger partial charge in [-0.25, -0.2) is 4.98 Å². The maximum atomic E-state index is 11.6. The van der Waals surface area contributed by atoms with Crippen molar-refractivity contribution in [3.63, 3.8) is 0 Å². The van der Waals surface area contributed by atoms with Crippen molar-refractivity contribution in [3.05, 3.63) is 30.1 Å². The zero-order valence-electron chi connectivity index (χ0n) is 13.4. The number of benzene rings is 1. The van der Waals surface area contributed by atoms with Crippen LogP contribution in [0.2, 0.25) is 0 Å². The first kappa shape index (κ1) is 16.6. The Bertz CT molecular complexity index is 741. The van der Waals surface area contributed by atoms with Crippen molar-refractivity contribution in [2.24, 2.45) is 0 Å². The fourth-order valence-corrected chi connectivity index (χ4v) is 3.70. The molecule has 7 nitrogen and oxygen atoms in total. The van der Waals surface area contributed by atoms with Crippen LogP contribution in [0.1, 0.15) is 18.2 Å². The molecule has 23 heavy (non-hydrogen) atoms. The Labute approximate surface area is 134 Å². The van der Waals surface area contributed by atoms with Crippen LogP contribution >= 0.6 is 7.60 Å². The van der Waals surface area contributed by atoms with Crippen LogP contribution in [0.15, 0.2) is 24.5 Å². The Kier molecular flexibility index (Phi) is 4.58. The molecule has 3 rings (SSSR count). The van der Waals surface area contributed by atoms with E-state index in [1.807, 2.05) is 29.7 Å². The summed E-state index contributed by atoms with van der Waals surface area (Å²) in [6, 6.07) is 5.96. The van der Waals surface area contributed by atoms with Crippen molar-refractivity contribution in [3.8, 4) is 0 Å². The maximum absolute atomic E-state index is 11.6. The second kappa shape index (κ2) is 6.34. The Balaban J connectivity index is 1.88. The zero-order chi connectivity index (χ0) is 16.6. The summed E-state index contributed by atoms with van der Waals surface area (Å²) in [5.41, 5.74) is 2.98. The van der Waals surface area contributed by atoms with Crippen molar-refractivity contribution >= 4 is 18.6 Å². The van der Waals surface area contributed by atoms with E-state index < -0.39 is 19.8 Å². The lowest BCUT2D eigenvalue weighted by molar-refractivity contribution is -0.0492. The normalized spacial score (nSPS) is 27.4. The summed E-state index contributed by atoms with van der Waals surface area (Å²) < 4.78 is 30.0. The molecular formula is C15H21N2O5P. The van der Waals surface area contributed by atoms with Gasteiger partial charge in [-0.3, -0.25) is 4.57 Å². The van der Waals surface area contributed by atoms with Gasteiger partial charge in [0.2, 0.25) is 0 Å². The van der Waals surface area contributed by atoms with Crippen molar-refractivity contribution in [1.82, 2.24) is 9.55 Å². The van der Waals surface area contributed by atoms with Crippen molar-refractivity contribution in [2.45, 2.75) is 31.8 Å². The Morgan fingerprint density at radius 3 is 3.00 bits per heavy atom. The molecule has 126 valence electrons. The molecule has 8 heteroatoms. The summed E-state index contributed by atoms with van der Waals surface area (Å²) in [5, 5.41) is 0. The van der Waals surface area contributed by atoms with Crippen LogP contribution in [0.5, 0.6) is 0 Å². The Morgan fingerprint density at radius 2 is 2.30 bits per heavy atom. The second-order valence-corrected chi connectivity index (χ2v) is 7.68. The molecule has 0 spiro atoms. The van der Waals surface area contributed by atoms with Gasteiger partial charge in [-0.2, -0.15) is 0 Å². The van der Waals surface area contributed by atoms with E-state index in [9.17, 15) is 9.46 Å². The third-order valence-corrected chi connectivity index (χ3v) is 4.62. The minimum Gasteiger partial charge on any atom is -0.382 e. The van der Waals surface area contributed by atoms with E-state index in [1.54, 1.807) is 13.4 Å². The standard InChI is InChI=1S/C15H21N2O5P/c1-10-5-4-6-11-15(10)16-9-17(11)14-7-12(22-23(3,18)19)13(21-14)8-20-2/h4-6,9,12-14H,7-8H2,1-3H3,(H,18,19)/t12-,13-,14-/m1/s1. The number of imidazole rings is 1. The molecule has 0 unspecified atom stereocenters. The molecule has 1 aliphatic heterocycles. The zero-order valence-corrected chi connectivity index (χ0v) is 14.3. The molecule has 1 N–H and O–H groups in total. The lowest BCUT2D eigenvalue weighted by Crippen LogP contribution is -2.27. The number of hydrogen-bond donors (Lipinski definition) is 1. The Hall–Kier alpha value is -1.24. The molecule has 1 saturated heterocycles. The summed E-state index contributed by atoms with van der Waals surface area (Å²) in [6.45, 7) is 3.49. The van der Waals surface area contributed by atoms with Gasteiger partial charge in [-0.15, -0.1) is 0 Å². The number of aromatic nitrogens is 2. The van der Waals surface area contributed by atoms with E-state index in [2.05, 4.69) is 4.98 Å². The van der Waals surface area contributed by atoms with Crippen LogP contribution in [0, 0.1) is 6.92 Å². The van der Waals surface area contributed by atoms with Gasteiger partial charge < -0.3 is 23.5 Å². The van der Waals surface area contributed by atoms with Crippen LogP contribution in [-0.4, -0.2) is 47.0 Å². The molecule has 0 radical (unpaired) electrons. The molecule has 4 atom stereocenters. The summed E-state index contributed by atoms with van der Waals surface area (Å²) in [6.07, 6.45) is 0.999. The molecule has 1 fully saturated rings. The second-order valence-electron chi connectivity index (χ2n) is 5.86. The monoisotopic (exact) mass is 340 g/mol. The maximum Gasteiger partial charge on any atom is 0.325 e. The van der Waals surface area contributed by atoms with E-state index in [1.165, 1.54) is 6.66 Å². The van der Waals surface area contributed by atoms with E-state index >= 15 is 0 Å². The first-order valence-corrected chi connectivity index (χ1v) is 9.47. The SMILES string of the molecule is COC[C@H]1O[C@@H](n2cnc3c(C)cccc32)C[C@H]1O[P@](C)(=O)O. The van der Waals surface area contributed by atoms with E-state index in [0.29, 0.717) is 13.0 Å². The molecule has 1 aromatic carbocycles. The first-order valence-electron chi connectivity index (χ1n) is 7.44. The van der Waals surface area contributed by atoms with Gasteiger partial charge in [0.05, 0.1) is 30.1 Å². The minimum absolute atomic E-state index is 0.298. The fourth-order valence-electron chi connectivity index (χ4n) is 2.98. The number of para-hydroxylation sites is 1. The van der Waals surface area contributed by atoms with Gasteiger partial charge in [0.1, 0.15) is 12.3 Å². The van der Waals surface area contributed by atoms with E-state index in [0.717, 1.165) is 16.6 Å². The van der Waals surface area contributed by atoms with Gasteiger partial charge >= 0.3 is 7.60 Å². The van der Waals surface area contributed by atoms with Crippen LogP contribution in [0.3, 0.4) is 0 Å². The number of hydrogen-bond acceptors (Lipinski definition) is 5. The molecule has 1 aliphatic rings. The van der Waals surface area contributed by atoms with Crippen LogP contribution in [0.25, 0.3) is 11.0 Å². The average molecular weight is 340 g/mol. The van der Waals surface area contributed by atoms with E-state index in [-0.39, 0.29) is 6.23 Å². The molecule has 0 bridgehead atoms. The van der Waals surface area contributed by atoms with Gasteiger partial charge in [-0.1, -0.05) is 12.1 Å². The number of aryl methyl sites for hydroxylation is 1. The highest BCUT2D eigenvalue weighted by Gasteiger charge is 2.40. The molecule has 0 aliphatic carbocycles. The summed E-state index contributed by atoms with van der Waals surface area (Å²) in [4.78, 5) is 13.9. The number of rotatable bonds is 5. The molecule has 2 heterocycles. The highest BCUT2D eigenvalue weighted by molar-refractivity contribution is 7.51. The number of nitrogens with zero attached hydrogens (tertiary/aromatic N) is 2. The number of ether oxygens (including phenoxy) is 2. The summed E-state index contributed by atoms with van der Waals surface area (Å²) in [7, 11) is -2.03. The van der Waals surface area contributed by atoms with Crippen molar-refractivity contribution in [2.75, 3.05) is 20.4 Å². The first-order chi connectivity index (χ1) is 10.9. The fraction of sp³-hybridized carbons (Fsp3) is 0.533. The molecule has 1 aromatic heterocycles. The smallest absolute Gasteiger partial charge is 0.325 e. The van der Waals surface area contributed by atoms with Crippen molar-refractivity contribution in [1.29, 1.82) is 0 Å². The average Bonchev–Trinajstić information content (AvgIpc) is 3.03. The van der Waals surface area contributed by atoms with Crippen LogP contribution in [-0.2, 0) is 18.6 Å². The summed E-state index contributed by atoms with van der Waals surface area (Å²) >= 11 is 0. The third-order valence-electron chi connectivity index (χ3n) is 3.96. The lowest BCUT2D eigenvalue weighted by Gasteiger charge is -2.19. The quantitative estimate of drug-likeness (QED) is 0.842. The van der Waals surface area contributed by atoms with E-state index in [4.69, 9.17) is 14.0 Å². The number of fused-ring (bicyclic) bond motifs is 1. The number of methoxy groups -OCH3 is 1. The lowest BCUT2D eigenvalue weighted by atomic mass is 10.2. The van der Waals surface area contributed by atoms with Gasteiger partial charge in [0, 0.05) is 20.2 Å². The Morgan fingerprint density at radius 1 is 1.52 bits per heavy atom. The molecular weight excluding hydrogens is 319 g/mol. The predicted molar refractivity (Wildman–Crippen MR) is 85.5 cm³/mol. The summed E-state index contributed by atoms with van der Waals surface area (Å²) in [5.74, 6) is 0. The van der Waals surface area contributed by atoms with Crippen LogP contribution < -0.4 is 0 Å². The highest BCUT2D eigenvalue weighted by Crippen LogP contribution is 2.44. The highest BCUT2D eigenvalue weighted by atomic mass is 31.2. The largest absolute Gasteiger partial charge is 0.382 e. The topological polar surface area (TPSA) is 82.8 Å². The third kappa shape index (κ3) is 3.49. The predicted octanol–water partition coefficient (Wildman–Crippen LogP) is 2.48. The molecule has 0 amide bonds. The van der Waals surface area contributed by atoms with Crippen molar-refractivity contribution < 1.29 is 23.5 Å². The van der Waals surface area contributed by atoms with Gasteiger partial charge in [0.15, 0.2) is 0 Å². The van der Waals surface area contributed by atoms with Gasteiger partial charge in [-0.05, 0) is 18.6 Å². The molecule has 2 aromatic rings. The van der Waals surface area contributed by atoms with Crippen LogP contribution in [0.4, 0.5) is 0 Å². The molecule has 0 saturated carbocycles. The minimum atomic E-state index is -3.60. The van der Waals surface area contributed by atoms with Gasteiger partial charge in [0.25, 0.3) is 0 Å².